The Labute approximate surface area is 86.0 Å². The maximum Gasteiger partial charge on any atom is 0.214 e. The lowest BCUT2D eigenvalue weighted by Crippen LogP contribution is -2.17. The number of nitrogens with one attached hydrogen (secondary N) is 1. The molecule has 0 aromatic carbocycles. The van der Waals surface area contributed by atoms with Gasteiger partial charge in [0.1, 0.15) is 0 Å². The van der Waals surface area contributed by atoms with E-state index in [0.717, 1.165) is 0 Å². The number of rotatable bonds is 1. The van der Waals surface area contributed by atoms with Crippen molar-refractivity contribution < 1.29 is 8.42 Å². The van der Waals surface area contributed by atoms with Gasteiger partial charge in [0.05, 0.1) is 11.5 Å². The molecule has 1 atom stereocenters. The molecule has 78 valence electrons. The van der Waals surface area contributed by atoms with Gasteiger partial charge in [-0.2, -0.15) is 5.10 Å². The normalized spacial score (nSPS) is 25.3. The average molecular weight is 234 g/mol. The Morgan fingerprint density at radius 1 is 1.64 bits per heavy atom. The fourth-order valence-electron chi connectivity index (χ4n) is 1.60. The third kappa shape index (κ3) is 1.55. The first-order valence-corrected chi connectivity index (χ1v) is 6.35. The van der Waals surface area contributed by atoms with Crippen molar-refractivity contribution in [2.45, 2.75) is 12.3 Å². The smallest absolute Gasteiger partial charge is 0.214 e. The molecular weight excluding hydrogens is 224 g/mol. The van der Waals surface area contributed by atoms with Gasteiger partial charge in [0.2, 0.25) is 4.77 Å². The number of H-pyrrole nitrogens is 1. The van der Waals surface area contributed by atoms with Crippen LogP contribution in [0.4, 0.5) is 0 Å². The molecule has 3 N–H and O–H groups in total. The van der Waals surface area contributed by atoms with Gasteiger partial charge in [0.25, 0.3) is 0 Å². The number of hydrogen-bond acceptors (Lipinski definition) is 5. The quantitative estimate of drug-likeness (QED) is 0.507. The standard InChI is InChI=1S/C6H10N4O2S2/c7-10-5(8-9-6(10)13)4-1-2-14(11,12)3-4/h4H,1-3,7H2,(H,9,13). The highest BCUT2D eigenvalue weighted by molar-refractivity contribution is 7.91. The van der Waals surface area contributed by atoms with Gasteiger partial charge in [-0.1, -0.05) is 0 Å². The number of aromatic nitrogens is 3. The van der Waals surface area contributed by atoms with E-state index in [2.05, 4.69) is 10.2 Å². The molecule has 6 nitrogen and oxygen atoms in total. The molecule has 1 aliphatic rings. The number of aromatic amines is 1. The zero-order valence-electron chi connectivity index (χ0n) is 7.30. The van der Waals surface area contributed by atoms with Crippen LogP contribution in [0.25, 0.3) is 0 Å². The summed E-state index contributed by atoms with van der Waals surface area (Å²) < 4.78 is 24.0. The first-order valence-electron chi connectivity index (χ1n) is 4.12. The zero-order chi connectivity index (χ0) is 10.3. The van der Waals surface area contributed by atoms with Gasteiger partial charge in [0.15, 0.2) is 15.7 Å². The first-order chi connectivity index (χ1) is 6.49. The summed E-state index contributed by atoms with van der Waals surface area (Å²) in [5, 5.41) is 6.46. The Kier molecular flexibility index (Phi) is 2.11. The van der Waals surface area contributed by atoms with Crippen molar-refractivity contribution in [2.75, 3.05) is 17.3 Å². The number of nitrogens with zero attached hydrogens (tertiary/aromatic N) is 2. The Hall–Kier alpha value is -0.890. The van der Waals surface area contributed by atoms with Crippen molar-refractivity contribution in [3.63, 3.8) is 0 Å². The molecule has 0 radical (unpaired) electrons. The van der Waals surface area contributed by atoms with E-state index in [1.54, 1.807) is 0 Å². The van der Waals surface area contributed by atoms with Crippen LogP contribution >= 0.6 is 12.2 Å². The highest BCUT2D eigenvalue weighted by Gasteiger charge is 2.32. The van der Waals surface area contributed by atoms with Crippen LogP contribution in [0.3, 0.4) is 0 Å². The lowest BCUT2D eigenvalue weighted by Gasteiger charge is -2.04. The molecule has 1 aliphatic heterocycles. The predicted octanol–water partition coefficient (Wildman–Crippen LogP) is -0.443. The van der Waals surface area contributed by atoms with E-state index in [1.165, 1.54) is 4.68 Å². The summed E-state index contributed by atoms with van der Waals surface area (Å²) in [6.45, 7) is 0. The maximum absolute atomic E-state index is 11.2. The SMILES string of the molecule is Nn1c(C2CCS(=O)(=O)C2)n[nH]c1=S. The fourth-order valence-corrected chi connectivity index (χ4v) is 3.48. The molecule has 1 aromatic rings. The van der Waals surface area contributed by atoms with E-state index in [4.69, 9.17) is 18.1 Å². The molecule has 0 bridgehead atoms. The molecule has 1 aromatic heterocycles. The summed E-state index contributed by atoms with van der Waals surface area (Å²) in [5.41, 5.74) is 0. The first kappa shape index (κ1) is 9.66. The molecule has 0 saturated carbocycles. The summed E-state index contributed by atoms with van der Waals surface area (Å²) in [7, 11) is -2.91. The number of nitrogen functional groups attached to an aromatic ring is 1. The topological polar surface area (TPSA) is 93.8 Å². The number of nitrogens with two attached hydrogens (primary N) is 1. The van der Waals surface area contributed by atoms with E-state index < -0.39 is 9.84 Å². The molecule has 14 heavy (non-hydrogen) atoms. The fraction of sp³-hybridized carbons (Fsp3) is 0.667. The minimum atomic E-state index is -2.91. The summed E-state index contributed by atoms with van der Waals surface area (Å²) in [6, 6.07) is 0. The van der Waals surface area contributed by atoms with Crippen LogP contribution in [0.2, 0.25) is 0 Å². The van der Waals surface area contributed by atoms with Crippen molar-refractivity contribution in [1.82, 2.24) is 14.9 Å². The summed E-state index contributed by atoms with van der Waals surface area (Å²) >= 11 is 4.84. The van der Waals surface area contributed by atoms with E-state index in [9.17, 15) is 8.42 Å². The second kappa shape index (κ2) is 3.06. The van der Waals surface area contributed by atoms with Crippen LogP contribution in [0.1, 0.15) is 18.2 Å². The molecule has 0 aliphatic carbocycles. The summed E-state index contributed by atoms with van der Waals surface area (Å²) in [4.78, 5) is 0. The van der Waals surface area contributed by atoms with Crippen LogP contribution < -0.4 is 5.84 Å². The molecule has 8 heteroatoms. The monoisotopic (exact) mass is 234 g/mol. The van der Waals surface area contributed by atoms with Crippen LogP contribution in [-0.4, -0.2) is 34.8 Å². The van der Waals surface area contributed by atoms with Gasteiger partial charge in [-0.15, -0.1) is 0 Å². The van der Waals surface area contributed by atoms with Gasteiger partial charge in [0, 0.05) is 5.92 Å². The van der Waals surface area contributed by atoms with Crippen LogP contribution in [0.15, 0.2) is 0 Å². The minimum absolute atomic E-state index is 0.115. The molecule has 2 rings (SSSR count). The highest BCUT2D eigenvalue weighted by atomic mass is 32.2. The van der Waals surface area contributed by atoms with Crippen molar-refractivity contribution in [3.8, 4) is 0 Å². The average Bonchev–Trinajstić information content (AvgIpc) is 2.59. The Balaban J connectivity index is 2.35. The van der Waals surface area contributed by atoms with Crippen molar-refractivity contribution in [3.05, 3.63) is 10.6 Å². The molecule has 2 heterocycles. The lowest BCUT2D eigenvalue weighted by molar-refractivity contribution is 0.600. The molecule has 1 unspecified atom stereocenters. The van der Waals surface area contributed by atoms with Crippen molar-refractivity contribution >= 4 is 22.1 Å². The third-order valence-corrected chi connectivity index (χ3v) is 4.39. The predicted molar refractivity (Wildman–Crippen MR) is 53.6 cm³/mol. The zero-order valence-corrected chi connectivity index (χ0v) is 8.94. The van der Waals surface area contributed by atoms with E-state index in [-0.39, 0.29) is 17.4 Å². The van der Waals surface area contributed by atoms with Crippen LogP contribution in [-0.2, 0) is 9.84 Å². The maximum atomic E-state index is 11.2. The molecule has 1 fully saturated rings. The van der Waals surface area contributed by atoms with Gasteiger partial charge >= 0.3 is 0 Å². The Morgan fingerprint density at radius 3 is 2.79 bits per heavy atom. The summed E-state index contributed by atoms with van der Waals surface area (Å²) in [5.74, 6) is 6.31. The van der Waals surface area contributed by atoms with E-state index >= 15 is 0 Å². The highest BCUT2D eigenvalue weighted by Crippen LogP contribution is 2.26. The molecule has 1 saturated heterocycles. The Bertz CT molecular complexity index is 500. The van der Waals surface area contributed by atoms with Gasteiger partial charge < -0.3 is 5.84 Å². The van der Waals surface area contributed by atoms with Crippen molar-refractivity contribution in [2.24, 2.45) is 0 Å². The van der Waals surface area contributed by atoms with Gasteiger partial charge in [-0.25, -0.2) is 13.1 Å². The van der Waals surface area contributed by atoms with E-state index in [1.807, 2.05) is 0 Å². The molecule has 0 amide bonds. The van der Waals surface area contributed by atoms with Crippen molar-refractivity contribution in [1.29, 1.82) is 0 Å². The van der Waals surface area contributed by atoms with Gasteiger partial charge in [-0.05, 0) is 18.6 Å². The van der Waals surface area contributed by atoms with Crippen LogP contribution in [0.5, 0.6) is 0 Å². The lowest BCUT2D eigenvalue weighted by atomic mass is 10.1. The van der Waals surface area contributed by atoms with Gasteiger partial charge in [-0.3, -0.25) is 5.10 Å². The third-order valence-electron chi connectivity index (χ3n) is 2.33. The minimum Gasteiger partial charge on any atom is -0.335 e. The van der Waals surface area contributed by atoms with E-state index in [0.29, 0.717) is 17.0 Å². The molecular formula is C6H10N4O2S2. The molecule has 0 spiro atoms. The Morgan fingerprint density at radius 2 is 2.36 bits per heavy atom. The summed E-state index contributed by atoms with van der Waals surface area (Å²) in [6.07, 6.45) is 0.569. The number of sulfone groups is 1. The van der Waals surface area contributed by atoms with Crippen LogP contribution in [0, 0.1) is 4.77 Å². The number of hydrogen-bond donors (Lipinski definition) is 2. The second-order valence-electron chi connectivity index (χ2n) is 3.36. The second-order valence-corrected chi connectivity index (χ2v) is 5.97. The largest absolute Gasteiger partial charge is 0.335 e.